The van der Waals surface area contributed by atoms with E-state index in [0.29, 0.717) is 6.61 Å². The quantitative estimate of drug-likeness (QED) is 0.387. The van der Waals surface area contributed by atoms with E-state index in [1.165, 1.54) is 16.5 Å². The van der Waals surface area contributed by atoms with Crippen molar-refractivity contribution in [3.8, 4) is 0 Å². The van der Waals surface area contributed by atoms with E-state index in [0.717, 1.165) is 6.04 Å². The van der Waals surface area contributed by atoms with E-state index >= 15 is 0 Å². The number of nitrogens with one attached hydrogen (secondary N) is 1. The van der Waals surface area contributed by atoms with Gasteiger partial charge in [0.2, 0.25) is 0 Å². The molecule has 3 rings (SSSR count). The number of halogens is 2. The first-order valence-electron chi connectivity index (χ1n) is 8.24. The number of benzene rings is 1. The van der Waals surface area contributed by atoms with E-state index in [2.05, 4.69) is 70.0 Å². The van der Waals surface area contributed by atoms with E-state index in [-0.39, 0.29) is 52.1 Å². The minimum absolute atomic E-state index is 0. The van der Waals surface area contributed by atoms with Crippen molar-refractivity contribution >= 4 is 42.0 Å². The fraction of sp³-hybridized carbons (Fsp3) is 0.500. The van der Waals surface area contributed by atoms with Gasteiger partial charge in [0.25, 0.3) is 0 Å². The van der Waals surface area contributed by atoms with Gasteiger partial charge < -0.3 is 35.2 Å². The Morgan fingerprint density at radius 3 is 2.32 bits per heavy atom. The fourth-order valence-electron chi connectivity index (χ4n) is 3.87. The predicted octanol–water partition coefficient (Wildman–Crippen LogP) is -2.94. The Morgan fingerprint density at radius 1 is 1.20 bits per heavy atom. The molecule has 1 aliphatic rings. The van der Waals surface area contributed by atoms with Gasteiger partial charge in [0.1, 0.15) is 0 Å². The summed E-state index contributed by atoms with van der Waals surface area (Å²) < 4.78 is 0. The van der Waals surface area contributed by atoms with E-state index in [1.807, 2.05) is 0 Å². The molecule has 0 spiro atoms. The number of anilines is 1. The van der Waals surface area contributed by atoms with Crippen molar-refractivity contribution < 1.29 is 51.6 Å². The number of hydrogen-bond acceptors (Lipinski definition) is 2. The molecule has 0 bridgehead atoms. The predicted molar refractivity (Wildman–Crippen MR) is 103 cm³/mol. The summed E-state index contributed by atoms with van der Waals surface area (Å²) in [7, 11) is -2.83. The Labute approximate surface area is 181 Å². The van der Waals surface area contributed by atoms with Gasteiger partial charge in [-0.1, -0.05) is 25.7 Å². The molecular weight excluding hydrogens is 421 g/mol. The molecule has 1 unspecified atom stereocenters. The maximum atomic E-state index is 9.47. The van der Waals surface area contributed by atoms with Crippen molar-refractivity contribution in [1.29, 1.82) is 0 Å². The Balaban J connectivity index is 0.00000192. The number of aliphatic hydroxyl groups is 1. The summed E-state index contributed by atoms with van der Waals surface area (Å²) in [5.41, 5.74) is 1.36. The van der Waals surface area contributed by atoms with Crippen molar-refractivity contribution in [2.45, 2.75) is 52.0 Å². The van der Waals surface area contributed by atoms with Gasteiger partial charge in [-0.25, -0.2) is 0 Å². The zero-order chi connectivity index (χ0) is 16.3. The number of fused-ring (bicyclic) bond motifs is 3. The normalized spacial score (nSPS) is 18.5. The summed E-state index contributed by atoms with van der Waals surface area (Å²) in [5.74, 6) is 0. The standard InChI is InChI=1S/C18H28NOSi2.2ClH.Ti/c1-18(2,3)19-14-9-7-8-13-12-15-17(16(13)14)22(15,6)21(4,5)11-10-20;;;/h7-9,12,19-20H,10-11H2,1-6H3;2*1H;/q-1;;;+3/p-2. The molecule has 1 heterocycles. The Morgan fingerprint density at radius 2 is 1.80 bits per heavy atom. The fourth-order valence-corrected chi connectivity index (χ4v) is 16.7. The third-order valence-electron chi connectivity index (χ3n) is 5.49. The second kappa shape index (κ2) is 8.13. The minimum Gasteiger partial charge on any atom is -1.00 e. The van der Waals surface area contributed by atoms with Crippen LogP contribution in [-0.2, 0) is 21.7 Å². The summed E-state index contributed by atoms with van der Waals surface area (Å²) in [6, 6.07) is 10.1. The number of aliphatic hydroxyl groups excluding tert-OH is 1. The number of hydrogen-bond donors (Lipinski definition) is 2. The van der Waals surface area contributed by atoms with Crippen molar-refractivity contribution in [3.05, 3.63) is 24.3 Å². The van der Waals surface area contributed by atoms with Gasteiger partial charge in [-0.15, -0.1) is 29.0 Å². The molecule has 1 atom stereocenters. The van der Waals surface area contributed by atoms with Gasteiger partial charge in [0.15, 0.2) is 0 Å². The second-order valence-electron chi connectivity index (χ2n) is 8.56. The summed E-state index contributed by atoms with van der Waals surface area (Å²) in [4.78, 5) is 0. The zero-order valence-electron chi connectivity index (χ0n) is 15.9. The van der Waals surface area contributed by atoms with Crippen LogP contribution < -0.4 is 40.5 Å². The maximum absolute atomic E-state index is 9.47. The molecule has 137 valence electrons. The van der Waals surface area contributed by atoms with Gasteiger partial charge in [0, 0.05) is 27.3 Å². The maximum Gasteiger partial charge on any atom is 3.00 e. The van der Waals surface area contributed by atoms with Crippen molar-refractivity contribution in [1.82, 2.24) is 0 Å². The summed E-state index contributed by atoms with van der Waals surface area (Å²) in [5, 5.41) is 19.4. The first-order chi connectivity index (χ1) is 10.1. The van der Waals surface area contributed by atoms with Crippen LogP contribution in [0.1, 0.15) is 20.8 Å². The Hall–Kier alpha value is 0.318. The summed E-state index contributed by atoms with van der Waals surface area (Å²) in [6.45, 7) is 14.5. The minimum atomic E-state index is -1.44. The smallest absolute Gasteiger partial charge is 1.00 e. The molecule has 0 aliphatic carbocycles. The molecule has 2 nitrogen and oxygen atoms in total. The Kier molecular flexibility index (Phi) is 8.24. The van der Waals surface area contributed by atoms with Gasteiger partial charge >= 0.3 is 21.7 Å². The molecule has 25 heavy (non-hydrogen) atoms. The van der Waals surface area contributed by atoms with Crippen LogP contribution in [0.15, 0.2) is 24.3 Å². The monoisotopic (exact) mass is 448 g/mol. The van der Waals surface area contributed by atoms with Crippen molar-refractivity contribution in [3.63, 3.8) is 0 Å². The molecule has 2 N–H and O–H groups in total. The summed E-state index contributed by atoms with van der Waals surface area (Å²) >= 11 is 0. The first kappa shape index (κ1) is 25.3. The van der Waals surface area contributed by atoms with Gasteiger partial charge in [-0.3, -0.25) is 0 Å². The van der Waals surface area contributed by atoms with Crippen molar-refractivity contribution in [2.24, 2.45) is 0 Å². The molecule has 7 heteroatoms. The van der Waals surface area contributed by atoms with Crippen molar-refractivity contribution in [2.75, 3.05) is 11.9 Å². The van der Waals surface area contributed by atoms with E-state index in [1.54, 1.807) is 10.4 Å². The Bertz CT molecular complexity index is 742. The van der Waals surface area contributed by atoms with E-state index < -0.39 is 15.2 Å². The van der Waals surface area contributed by atoms with Crippen LogP contribution in [0, 0.1) is 0 Å². The molecule has 1 radical (unpaired) electrons. The average Bonchev–Trinajstić information content (AvgIpc) is 2.80. The van der Waals surface area contributed by atoms with Gasteiger partial charge in [0.05, 0.1) is 0 Å². The van der Waals surface area contributed by atoms with Crippen LogP contribution in [0.3, 0.4) is 0 Å². The van der Waals surface area contributed by atoms with Crippen LogP contribution >= 0.6 is 0 Å². The third-order valence-corrected chi connectivity index (χ3v) is 22.8. The first-order valence-corrected chi connectivity index (χ1v) is 14.9. The molecule has 0 amide bonds. The van der Waals surface area contributed by atoms with Crippen LogP contribution in [0.4, 0.5) is 5.69 Å². The molecule has 0 fully saturated rings. The topological polar surface area (TPSA) is 32.3 Å². The number of rotatable bonds is 4. The third kappa shape index (κ3) is 4.11. The molecule has 0 saturated carbocycles. The van der Waals surface area contributed by atoms with Crippen LogP contribution in [0.5, 0.6) is 0 Å². The molecular formula is C18H28Cl2NOSi2Ti. The molecule has 1 aliphatic heterocycles. The molecule has 0 aromatic heterocycles. The van der Waals surface area contributed by atoms with E-state index in [4.69, 9.17) is 0 Å². The van der Waals surface area contributed by atoms with Gasteiger partial charge in [-0.2, -0.15) is 10.4 Å². The van der Waals surface area contributed by atoms with Gasteiger partial charge in [-0.05, 0) is 32.5 Å². The van der Waals surface area contributed by atoms with E-state index in [9.17, 15) is 5.11 Å². The van der Waals surface area contributed by atoms with Crippen LogP contribution in [-0.4, -0.2) is 32.4 Å². The SMILES string of the molecule is CC(C)(C)Nc1cccc2[cH-]c3c(c12)[Si]3(C)[Si](C)(C)CCO.[Cl-].[Cl-].[Ti+3]. The molecule has 2 aromatic carbocycles. The largest absolute Gasteiger partial charge is 3.00 e. The van der Waals surface area contributed by atoms with Crippen LogP contribution in [0.2, 0.25) is 25.7 Å². The zero-order valence-corrected chi connectivity index (χ0v) is 21.0. The second-order valence-corrected chi connectivity index (χ2v) is 23.2. The van der Waals surface area contributed by atoms with Crippen LogP contribution in [0.25, 0.3) is 10.8 Å². The average molecular weight is 449 g/mol. The molecule has 2 aromatic rings. The molecule has 0 saturated heterocycles. The summed E-state index contributed by atoms with van der Waals surface area (Å²) in [6.07, 6.45) is 0.